The Morgan fingerprint density at radius 1 is 1.12 bits per heavy atom. The Kier molecular flexibility index (Phi) is 5.19. The minimum absolute atomic E-state index is 0.224. The molecule has 1 amide bonds. The second-order valence-corrected chi connectivity index (χ2v) is 8.09. The number of carbonyl (C=O) groups excluding carboxylic acids is 1. The van der Waals surface area contributed by atoms with Crippen LogP contribution in [0.25, 0.3) is 0 Å². The molecule has 0 aliphatic carbocycles. The highest BCUT2D eigenvalue weighted by Crippen LogP contribution is 2.20. The molecule has 0 spiro atoms. The number of benzene rings is 1. The Morgan fingerprint density at radius 2 is 1.88 bits per heavy atom. The summed E-state index contributed by atoms with van der Waals surface area (Å²) in [5, 5.41) is 5.66. The van der Waals surface area contributed by atoms with Crippen molar-refractivity contribution in [2.45, 2.75) is 11.1 Å². The summed E-state index contributed by atoms with van der Waals surface area (Å²) in [6.07, 6.45) is 1.52. The molecule has 1 aromatic carbocycles. The molecule has 9 heteroatoms. The first-order valence-corrected chi connectivity index (χ1v) is 9.87. The Bertz CT molecular complexity index is 1010. The zero-order chi connectivity index (χ0) is 18.6. The number of anilines is 1. The zero-order valence-electron chi connectivity index (χ0n) is 13.7. The Balaban J connectivity index is 1.66. The van der Waals surface area contributed by atoms with Gasteiger partial charge < -0.3 is 4.42 Å². The van der Waals surface area contributed by atoms with E-state index < -0.39 is 15.9 Å². The van der Waals surface area contributed by atoms with E-state index in [2.05, 4.69) is 15.2 Å². The SMILES string of the molecule is CC(=NNC(=O)c1ccc(NS(=O)(=O)c2cccs2)cc1)c1ccco1. The molecule has 0 atom stereocenters. The third kappa shape index (κ3) is 4.19. The van der Waals surface area contributed by atoms with E-state index in [1.807, 2.05) is 0 Å². The van der Waals surface area contributed by atoms with Crippen LogP contribution in [0, 0.1) is 0 Å². The number of carbonyl (C=O) groups is 1. The van der Waals surface area contributed by atoms with Gasteiger partial charge in [0.15, 0.2) is 0 Å². The van der Waals surface area contributed by atoms with Gasteiger partial charge in [-0.05, 0) is 54.8 Å². The first kappa shape index (κ1) is 17.9. The van der Waals surface area contributed by atoms with Gasteiger partial charge in [-0.1, -0.05) is 6.07 Å². The van der Waals surface area contributed by atoms with Crippen LogP contribution >= 0.6 is 11.3 Å². The van der Waals surface area contributed by atoms with Gasteiger partial charge in [-0.25, -0.2) is 13.8 Å². The number of hydrogen-bond donors (Lipinski definition) is 2. The monoisotopic (exact) mass is 389 g/mol. The highest BCUT2D eigenvalue weighted by molar-refractivity contribution is 7.94. The highest BCUT2D eigenvalue weighted by atomic mass is 32.2. The summed E-state index contributed by atoms with van der Waals surface area (Å²) >= 11 is 1.13. The number of rotatable bonds is 6. The number of hydrogen-bond acceptors (Lipinski definition) is 6. The minimum Gasteiger partial charge on any atom is -0.463 e. The largest absolute Gasteiger partial charge is 0.463 e. The summed E-state index contributed by atoms with van der Waals surface area (Å²) in [6.45, 7) is 1.71. The van der Waals surface area contributed by atoms with Crippen molar-refractivity contribution in [3.05, 3.63) is 71.5 Å². The molecule has 26 heavy (non-hydrogen) atoms. The summed E-state index contributed by atoms with van der Waals surface area (Å²) in [4.78, 5) is 12.1. The van der Waals surface area contributed by atoms with Crippen LogP contribution in [0.3, 0.4) is 0 Å². The number of nitrogens with one attached hydrogen (secondary N) is 2. The molecule has 2 heterocycles. The van der Waals surface area contributed by atoms with Gasteiger partial charge in [0.1, 0.15) is 15.7 Å². The van der Waals surface area contributed by atoms with Crippen molar-refractivity contribution in [3.63, 3.8) is 0 Å². The molecule has 7 nitrogen and oxygen atoms in total. The van der Waals surface area contributed by atoms with E-state index in [4.69, 9.17) is 4.42 Å². The molecule has 0 aliphatic rings. The maximum atomic E-state index is 12.2. The van der Waals surface area contributed by atoms with E-state index in [9.17, 15) is 13.2 Å². The molecule has 0 bridgehead atoms. The van der Waals surface area contributed by atoms with E-state index in [1.165, 1.54) is 36.6 Å². The van der Waals surface area contributed by atoms with E-state index >= 15 is 0 Å². The van der Waals surface area contributed by atoms with Gasteiger partial charge in [0, 0.05) is 11.3 Å². The molecule has 2 N–H and O–H groups in total. The zero-order valence-corrected chi connectivity index (χ0v) is 15.3. The lowest BCUT2D eigenvalue weighted by atomic mass is 10.2. The predicted octanol–water partition coefficient (Wildman–Crippen LogP) is 3.30. The number of hydrazone groups is 1. The summed E-state index contributed by atoms with van der Waals surface area (Å²) in [5.74, 6) is 0.146. The van der Waals surface area contributed by atoms with Crippen LogP contribution in [0.2, 0.25) is 0 Å². The number of thiophene rings is 1. The van der Waals surface area contributed by atoms with Crippen molar-refractivity contribution < 1.29 is 17.6 Å². The Labute approximate surface area is 154 Å². The van der Waals surface area contributed by atoms with Crippen molar-refractivity contribution in [3.8, 4) is 0 Å². The fraction of sp³-hybridized carbons (Fsp3) is 0.0588. The van der Waals surface area contributed by atoms with Crippen LogP contribution in [0.15, 0.2) is 73.9 Å². The molecule has 134 valence electrons. The molecule has 0 unspecified atom stereocenters. The average Bonchev–Trinajstić information content (AvgIpc) is 3.33. The molecule has 2 aromatic heterocycles. The smallest absolute Gasteiger partial charge is 0.271 e. The fourth-order valence-electron chi connectivity index (χ4n) is 2.05. The minimum atomic E-state index is -3.61. The Morgan fingerprint density at radius 3 is 2.50 bits per heavy atom. The lowest BCUT2D eigenvalue weighted by molar-refractivity contribution is 0.0955. The van der Waals surface area contributed by atoms with E-state index in [1.54, 1.807) is 30.5 Å². The third-order valence-electron chi connectivity index (χ3n) is 3.36. The van der Waals surface area contributed by atoms with Crippen molar-refractivity contribution in [2.75, 3.05) is 4.72 Å². The molecular weight excluding hydrogens is 374 g/mol. The van der Waals surface area contributed by atoms with Crippen molar-refractivity contribution in [1.82, 2.24) is 5.43 Å². The fourth-order valence-corrected chi connectivity index (χ4v) is 4.10. The first-order chi connectivity index (χ1) is 12.5. The van der Waals surface area contributed by atoms with Gasteiger partial charge >= 0.3 is 0 Å². The molecule has 0 aliphatic heterocycles. The molecule has 3 rings (SSSR count). The molecular formula is C17H15N3O4S2. The topological polar surface area (TPSA) is 101 Å². The van der Waals surface area contributed by atoms with Crippen LogP contribution in [0.5, 0.6) is 0 Å². The van der Waals surface area contributed by atoms with Gasteiger partial charge in [-0.3, -0.25) is 9.52 Å². The van der Waals surface area contributed by atoms with Crippen LogP contribution in [0.1, 0.15) is 23.0 Å². The van der Waals surface area contributed by atoms with Crippen molar-refractivity contribution in [1.29, 1.82) is 0 Å². The average molecular weight is 389 g/mol. The summed E-state index contributed by atoms with van der Waals surface area (Å²) in [5.41, 5.74) is 3.67. The quantitative estimate of drug-likeness (QED) is 0.499. The van der Waals surface area contributed by atoms with Gasteiger partial charge in [-0.2, -0.15) is 5.10 Å². The second-order valence-electron chi connectivity index (χ2n) is 5.23. The van der Waals surface area contributed by atoms with E-state index in [0.29, 0.717) is 22.7 Å². The highest BCUT2D eigenvalue weighted by Gasteiger charge is 2.15. The van der Waals surface area contributed by atoms with Gasteiger partial charge in [0.2, 0.25) is 0 Å². The van der Waals surface area contributed by atoms with Crippen LogP contribution in [-0.4, -0.2) is 20.0 Å². The van der Waals surface area contributed by atoms with Gasteiger partial charge in [0.05, 0.1) is 6.26 Å². The molecule has 3 aromatic rings. The summed E-state index contributed by atoms with van der Waals surface area (Å²) < 4.78 is 32.2. The maximum absolute atomic E-state index is 12.2. The maximum Gasteiger partial charge on any atom is 0.271 e. The normalized spacial score (nSPS) is 12.0. The van der Waals surface area contributed by atoms with Crippen LogP contribution in [-0.2, 0) is 10.0 Å². The number of furan rings is 1. The summed E-state index contributed by atoms with van der Waals surface area (Å²) in [6, 6.07) is 12.7. The molecule has 0 fully saturated rings. The van der Waals surface area contributed by atoms with E-state index in [0.717, 1.165) is 11.3 Å². The number of nitrogens with zero attached hydrogens (tertiary/aromatic N) is 1. The predicted molar refractivity (Wildman–Crippen MR) is 100.0 cm³/mol. The molecule has 0 saturated heterocycles. The lowest BCUT2D eigenvalue weighted by Gasteiger charge is -2.07. The standard InChI is InChI=1S/C17H15N3O4S2/c1-12(15-4-2-10-24-15)18-19-17(21)13-6-8-14(9-7-13)20-26(22,23)16-5-3-11-25-16/h2-11,20H,1H3,(H,19,21). The lowest BCUT2D eigenvalue weighted by Crippen LogP contribution is -2.19. The third-order valence-corrected chi connectivity index (χ3v) is 6.14. The first-order valence-electron chi connectivity index (χ1n) is 7.50. The Hall–Kier alpha value is -2.91. The molecule has 0 radical (unpaired) electrons. The van der Waals surface area contributed by atoms with Gasteiger partial charge in [0.25, 0.3) is 15.9 Å². The van der Waals surface area contributed by atoms with Crippen LogP contribution < -0.4 is 10.1 Å². The number of sulfonamides is 1. The van der Waals surface area contributed by atoms with Crippen LogP contribution in [0.4, 0.5) is 5.69 Å². The van der Waals surface area contributed by atoms with Gasteiger partial charge in [-0.15, -0.1) is 11.3 Å². The molecule has 0 saturated carbocycles. The van der Waals surface area contributed by atoms with E-state index in [-0.39, 0.29) is 4.21 Å². The number of amides is 1. The summed E-state index contributed by atoms with van der Waals surface area (Å²) in [7, 11) is -3.61. The van der Waals surface area contributed by atoms with Crippen molar-refractivity contribution >= 4 is 38.7 Å². The van der Waals surface area contributed by atoms with Crippen molar-refractivity contribution in [2.24, 2.45) is 5.10 Å². The second kappa shape index (κ2) is 7.54.